The van der Waals surface area contributed by atoms with E-state index in [1.165, 1.54) is 16.6 Å². The topological polar surface area (TPSA) is 83.7 Å². The Morgan fingerprint density at radius 1 is 1.15 bits per heavy atom. The molecule has 0 radical (unpaired) electrons. The van der Waals surface area contributed by atoms with Gasteiger partial charge in [-0.15, -0.1) is 11.3 Å². The first kappa shape index (κ1) is 22.7. The molecule has 3 aromatic rings. The Morgan fingerprint density at radius 3 is 2.62 bits per heavy atom. The second-order valence-corrected chi connectivity index (χ2v) is 10.8. The van der Waals surface area contributed by atoms with Gasteiger partial charge in [-0.25, -0.2) is 9.79 Å². The lowest BCUT2D eigenvalue weighted by Gasteiger charge is -2.11. The quantitative estimate of drug-likeness (QED) is 0.443. The van der Waals surface area contributed by atoms with Crippen molar-refractivity contribution in [2.75, 3.05) is 0 Å². The van der Waals surface area contributed by atoms with Crippen molar-refractivity contribution in [1.29, 1.82) is 0 Å². The zero-order valence-electron chi connectivity index (χ0n) is 19.3. The van der Waals surface area contributed by atoms with E-state index >= 15 is 0 Å². The third kappa shape index (κ3) is 4.12. The number of fused-ring (bicyclic) bond motifs is 1. The molecule has 8 heteroatoms. The van der Waals surface area contributed by atoms with E-state index in [-0.39, 0.29) is 5.91 Å². The van der Waals surface area contributed by atoms with Crippen LogP contribution in [0.4, 0.5) is 5.69 Å². The first-order valence-corrected chi connectivity index (χ1v) is 12.9. The summed E-state index contributed by atoms with van der Waals surface area (Å²) in [4.78, 5) is 31.1. The molecule has 1 fully saturated rings. The minimum absolute atomic E-state index is 0.182. The molecule has 0 unspecified atom stereocenters. The normalized spacial score (nSPS) is 17.9. The molecule has 1 aliphatic heterocycles. The molecule has 174 valence electrons. The lowest BCUT2D eigenvalue weighted by atomic mass is 9.95. The number of carbonyl (C=O) groups excluding carboxylic acids is 1. The van der Waals surface area contributed by atoms with Crippen molar-refractivity contribution in [2.45, 2.75) is 46.5 Å². The Bertz CT molecular complexity index is 1380. The lowest BCUT2D eigenvalue weighted by Crippen LogP contribution is -2.19. The minimum Gasteiger partial charge on any atom is -0.478 e. The molecule has 3 heterocycles. The van der Waals surface area contributed by atoms with E-state index in [1.807, 2.05) is 61.7 Å². The van der Waals surface area contributed by atoms with Crippen LogP contribution < -0.4 is 5.32 Å². The van der Waals surface area contributed by atoms with Gasteiger partial charge in [0.2, 0.25) is 0 Å². The number of nitrogens with one attached hydrogen (secondary N) is 1. The number of hydrogen-bond donors (Lipinski definition) is 2. The molecule has 0 bridgehead atoms. The van der Waals surface area contributed by atoms with Crippen LogP contribution in [0.5, 0.6) is 0 Å². The first-order valence-electron chi connectivity index (χ1n) is 11.2. The highest BCUT2D eigenvalue weighted by Gasteiger charge is 2.28. The van der Waals surface area contributed by atoms with Crippen LogP contribution in [-0.4, -0.2) is 26.7 Å². The van der Waals surface area contributed by atoms with Gasteiger partial charge in [-0.05, 0) is 93.6 Å². The number of aryl methyl sites for hydroxylation is 3. The fourth-order valence-electron chi connectivity index (χ4n) is 4.53. The highest BCUT2D eigenvalue weighted by atomic mass is 32.2. The standard InChI is InChI=1S/C26H25N3O3S2/c1-14-8-10-18(11-9-14)27-26-28-23(30)21(34-26)13-17-12-15(2)29(16(17)3)24-22(25(31)32)19-6-4-5-7-20(19)33-24/h8-13H,4-7H2,1-3H3,(H,31,32)(H,27,28,30). The average Bonchev–Trinajstić information content (AvgIpc) is 3.43. The molecule has 34 heavy (non-hydrogen) atoms. The number of thiophene rings is 1. The Hall–Kier alpha value is -3.10. The molecule has 1 aromatic carbocycles. The van der Waals surface area contributed by atoms with Crippen molar-refractivity contribution in [1.82, 2.24) is 9.88 Å². The van der Waals surface area contributed by atoms with Crippen LogP contribution in [0.2, 0.25) is 0 Å². The van der Waals surface area contributed by atoms with E-state index in [1.54, 1.807) is 11.3 Å². The smallest absolute Gasteiger partial charge is 0.339 e. The van der Waals surface area contributed by atoms with Crippen molar-refractivity contribution in [2.24, 2.45) is 4.99 Å². The highest BCUT2D eigenvalue weighted by Crippen LogP contribution is 2.39. The Labute approximate surface area is 206 Å². The number of carbonyl (C=O) groups is 2. The number of benzene rings is 1. The van der Waals surface area contributed by atoms with Crippen molar-refractivity contribution in [3.63, 3.8) is 0 Å². The number of thioether (sulfide) groups is 1. The number of aromatic carboxylic acids is 1. The van der Waals surface area contributed by atoms with E-state index in [2.05, 4.69) is 10.3 Å². The molecule has 0 spiro atoms. The Balaban J connectivity index is 1.50. The summed E-state index contributed by atoms with van der Waals surface area (Å²) >= 11 is 2.90. The maximum atomic E-state index is 12.6. The van der Waals surface area contributed by atoms with E-state index in [9.17, 15) is 14.7 Å². The van der Waals surface area contributed by atoms with Crippen LogP contribution in [-0.2, 0) is 17.6 Å². The zero-order valence-corrected chi connectivity index (χ0v) is 20.9. The molecule has 6 nitrogen and oxygen atoms in total. The van der Waals surface area contributed by atoms with Crippen LogP contribution in [0.25, 0.3) is 11.1 Å². The second kappa shape index (κ2) is 8.92. The van der Waals surface area contributed by atoms with Gasteiger partial charge in [-0.2, -0.15) is 0 Å². The number of amides is 1. The number of aromatic nitrogens is 1. The summed E-state index contributed by atoms with van der Waals surface area (Å²) in [6.45, 7) is 5.97. The van der Waals surface area contributed by atoms with Crippen LogP contribution >= 0.6 is 23.1 Å². The molecule has 5 rings (SSSR count). The number of hydrogen-bond acceptors (Lipinski definition) is 5. The largest absolute Gasteiger partial charge is 0.478 e. The summed E-state index contributed by atoms with van der Waals surface area (Å²) in [5, 5.41) is 14.2. The molecular weight excluding hydrogens is 466 g/mol. The fraction of sp³-hybridized carbons (Fsp3) is 0.269. The first-order chi connectivity index (χ1) is 16.3. The third-order valence-electron chi connectivity index (χ3n) is 6.24. The van der Waals surface area contributed by atoms with Crippen LogP contribution in [0.15, 0.2) is 40.2 Å². The molecule has 0 atom stereocenters. The molecule has 2 N–H and O–H groups in total. The van der Waals surface area contributed by atoms with Crippen LogP contribution in [0.3, 0.4) is 0 Å². The number of aliphatic imine (C=N–C) groups is 1. The van der Waals surface area contributed by atoms with Gasteiger partial charge in [-0.3, -0.25) is 4.79 Å². The van der Waals surface area contributed by atoms with Gasteiger partial charge in [-0.1, -0.05) is 17.7 Å². The van der Waals surface area contributed by atoms with Gasteiger partial charge < -0.3 is 15.0 Å². The van der Waals surface area contributed by atoms with E-state index in [0.29, 0.717) is 15.6 Å². The van der Waals surface area contributed by atoms with Gasteiger partial charge >= 0.3 is 5.97 Å². The van der Waals surface area contributed by atoms with Gasteiger partial charge in [0, 0.05) is 16.3 Å². The lowest BCUT2D eigenvalue weighted by molar-refractivity contribution is -0.115. The summed E-state index contributed by atoms with van der Waals surface area (Å²) < 4.78 is 2.03. The second-order valence-electron chi connectivity index (χ2n) is 8.68. The number of rotatable bonds is 4. The monoisotopic (exact) mass is 491 g/mol. The van der Waals surface area contributed by atoms with Crippen molar-refractivity contribution in [3.05, 3.63) is 73.8 Å². The number of carboxylic acids is 1. The van der Waals surface area contributed by atoms with Crippen molar-refractivity contribution in [3.8, 4) is 5.00 Å². The number of nitrogens with zero attached hydrogens (tertiary/aromatic N) is 2. The maximum Gasteiger partial charge on any atom is 0.339 e. The Kier molecular flexibility index (Phi) is 5.95. The van der Waals surface area contributed by atoms with Gasteiger partial charge in [0.15, 0.2) is 5.17 Å². The third-order valence-corrected chi connectivity index (χ3v) is 8.43. The van der Waals surface area contributed by atoms with Crippen LogP contribution in [0, 0.1) is 20.8 Å². The summed E-state index contributed by atoms with van der Waals surface area (Å²) in [5.74, 6) is -1.05. The minimum atomic E-state index is -0.871. The molecule has 0 saturated carbocycles. The summed E-state index contributed by atoms with van der Waals surface area (Å²) in [5.41, 5.74) is 6.13. The van der Waals surface area contributed by atoms with Crippen LogP contribution in [0.1, 0.15) is 56.2 Å². The maximum absolute atomic E-state index is 12.6. The predicted molar refractivity (Wildman–Crippen MR) is 139 cm³/mol. The summed E-state index contributed by atoms with van der Waals surface area (Å²) in [7, 11) is 0. The van der Waals surface area contributed by atoms with Gasteiger partial charge in [0.1, 0.15) is 5.00 Å². The summed E-state index contributed by atoms with van der Waals surface area (Å²) in [6.07, 6.45) is 5.76. The van der Waals surface area contributed by atoms with Crippen molar-refractivity contribution >= 4 is 51.9 Å². The van der Waals surface area contributed by atoms with Crippen molar-refractivity contribution < 1.29 is 14.7 Å². The summed E-state index contributed by atoms with van der Waals surface area (Å²) in [6, 6.07) is 9.83. The van der Waals surface area contributed by atoms with E-state index in [4.69, 9.17) is 0 Å². The highest BCUT2D eigenvalue weighted by molar-refractivity contribution is 8.18. The fourth-order valence-corrected chi connectivity index (χ4v) is 6.86. The number of carboxylic acid groups (broad SMARTS) is 1. The van der Waals surface area contributed by atoms with E-state index < -0.39 is 5.97 Å². The molecule has 1 aliphatic carbocycles. The van der Waals surface area contributed by atoms with E-state index in [0.717, 1.165) is 64.4 Å². The number of amidine groups is 1. The molecule has 2 aromatic heterocycles. The molecule has 1 saturated heterocycles. The zero-order chi connectivity index (χ0) is 24.0. The SMILES string of the molecule is Cc1ccc(N=C2NC(=O)C(=Cc3cc(C)n(-c4sc5c(c4C(=O)O)CCCC5)c3C)S2)cc1. The average molecular weight is 492 g/mol. The van der Waals surface area contributed by atoms with Gasteiger partial charge in [0.05, 0.1) is 16.2 Å². The van der Waals surface area contributed by atoms with Gasteiger partial charge in [0.25, 0.3) is 5.91 Å². The molecule has 1 amide bonds. The predicted octanol–water partition coefficient (Wildman–Crippen LogP) is 5.93. The Morgan fingerprint density at radius 2 is 1.88 bits per heavy atom. The molecule has 2 aliphatic rings. The molecular formula is C26H25N3O3S2.